The summed E-state index contributed by atoms with van der Waals surface area (Å²) in [6, 6.07) is 8.50. The van der Waals surface area contributed by atoms with Crippen LogP contribution in [-0.4, -0.2) is 34.9 Å². The normalized spacial score (nSPS) is 21.2. The number of aromatic nitrogens is 1. The van der Waals surface area contributed by atoms with E-state index in [1.807, 2.05) is 18.2 Å². The van der Waals surface area contributed by atoms with Crippen LogP contribution in [0.25, 0.3) is 10.2 Å². The number of thiazole rings is 1. The minimum Gasteiger partial charge on any atom is -0.339 e. The van der Waals surface area contributed by atoms with Crippen molar-refractivity contribution in [2.24, 2.45) is 17.1 Å². The van der Waals surface area contributed by atoms with Crippen molar-refractivity contribution in [2.75, 3.05) is 13.1 Å². The molecule has 136 valence electrons. The van der Waals surface area contributed by atoms with Crippen LogP contribution in [0.4, 0.5) is 0 Å². The molecule has 4 nitrogen and oxygen atoms in total. The highest BCUT2D eigenvalue weighted by Crippen LogP contribution is 2.38. The molecule has 2 heterocycles. The topological polar surface area (TPSA) is 59.2 Å². The van der Waals surface area contributed by atoms with Gasteiger partial charge in [-0.2, -0.15) is 0 Å². The van der Waals surface area contributed by atoms with Gasteiger partial charge in [-0.1, -0.05) is 26.0 Å². The van der Waals surface area contributed by atoms with Gasteiger partial charge in [0.15, 0.2) is 0 Å². The Morgan fingerprint density at radius 3 is 2.68 bits per heavy atom. The number of likely N-dealkylation sites (tertiary alicyclic amines) is 1. The molecule has 1 aromatic heterocycles. The van der Waals surface area contributed by atoms with Crippen molar-refractivity contribution in [3.8, 4) is 0 Å². The Bertz CT molecular complexity index is 704. The molecular formula is C20H29N3OS. The fraction of sp³-hybridized carbons (Fsp3) is 0.600. The lowest BCUT2D eigenvalue weighted by Crippen LogP contribution is -2.46. The summed E-state index contributed by atoms with van der Waals surface area (Å²) < 4.78 is 1.20. The quantitative estimate of drug-likeness (QED) is 0.852. The average molecular weight is 360 g/mol. The molecule has 1 aromatic carbocycles. The van der Waals surface area contributed by atoms with E-state index in [-0.39, 0.29) is 11.5 Å². The molecule has 1 amide bonds. The number of hydrogen-bond acceptors (Lipinski definition) is 4. The lowest BCUT2D eigenvalue weighted by atomic mass is 9.77. The van der Waals surface area contributed by atoms with Crippen LogP contribution in [0.15, 0.2) is 24.3 Å². The number of carbonyl (C=O) groups excluding carboxylic acids is 1. The third kappa shape index (κ3) is 3.44. The van der Waals surface area contributed by atoms with Crippen molar-refractivity contribution in [2.45, 2.75) is 52.5 Å². The zero-order valence-corrected chi connectivity index (χ0v) is 16.3. The molecule has 2 N–H and O–H groups in total. The summed E-state index contributed by atoms with van der Waals surface area (Å²) in [6.07, 6.45) is 3.44. The van der Waals surface area contributed by atoms with Gasteiger partial charge in [-0.15, -0.1) is 11.3 Å². The molecule has 0 aliphatic carbocycles. The van der Waals surface area contributed by atoms with Crippen LogP contribution in [-0.2, 0) is 11.2 Å². The highest BCUT2D eigenvalue weighted by atomic mass is 32.1. The second-order valence-electron chi connectivity index (χ2n) is 7.38. The minimum absolute atomic E-state index is 0.286. The van der Waals surface area contributed by atoms with Crippen molar-refractivity contribution < 1.29 is 4.79 Å². The summed E-state index contributed by atoms with van der Waals surface area (Å²) in [4.78, 5) is 20.3. The number of nitrogens with zero attached hydrogens (tertiary/aromatic N) is 2. The van der Waals surface area contributed by atoms with Gasteiger partial charge in [-0.3, -0.25) is 4.79 Å². The Kier molecular flexibility index (Phi) is 5.44. The molecule has 1 saturated heterocycles. The van der Waals surface area contributed by atoms with Gasteiger partial charge in [0, 0.05) is 19.0 Å². The first-order valence-corrected chi connectivity index (χ1v) is 10.2. The monoisotopic (exact) mass is 359 g/mol. The van der Waals surface area contributed by atoms with Gasteiger partial charge < -0.3 is 10.6 Å². The maximum Gasteiger partial charge on any atom is 0.229 e. The van der Waals surface area contributed by atoms with Crippen LogP contribution in [0.1, 0.15) is 45.0 Å². The number of carbonyl (C=O) groups is 1. The third-order valence-electron chi connectivity index (χ3n) is 5.89. The van der Waals surface area contributed by atoms with Crippen molar-refractivity contribution in [3.05, 3.63) is 29.3 Å². The van der Waals surface area contributed by atoms with Crippen LogP contribution in [0.5, 0.6) is 0 Å². The Balaban J connectivity index is 1.86. The van der Waals surface area contributed by atoms with Crippen molar-refractivity contribution >= 4 is 27.5 Å². The van der Waals surface area contributed by atoms with E-state index in [4.69, 9.17) is 10.7 Å². The van der Waals surface area contributed by atoms with E-state index in [1.54, 1.807) is 11.3 Å². The molecule has 0 spiro atoms. The van der Waals surface area contributed by atoms with Crippen molar-refractivity contribution in [3.63, 3.8) is 0 Å². The first-order valence-electron chi connectivity index (χ1n) is 9.38. The van der Waals surface area contributed by atoms with Gasteiger partial charge in [0.2, 0.25) is 5.91 Å². The number of fused-ring (bicyclic) bond motifs is 1. The number of rotatable bonds is 6. The largest absolute Gasteiger partial charge is 0.339 e. The van der Waals surface area contributed by atoms with Gasteiger partial charge >= 0.3 is 0 Å². The highest BCUT2D eigenvalue weighted by Gasteiger charge is 2.43. The van der Waals surface area contributed by atoms with Crippen LogP contribution in [0, 0.1) is 11.3 Å². The Labute approximate surface area is 154 Å². The zero-order valence-electron chi connectivity index (χ0n) is 15.5. The summed E-state index contributed by atoms with van der Waals surface area (Å²) in [6.45, 7) is 7.89. The lowest BCUT2D eigenvalue weighted by molar-refractivity contribution is -0.143. The number of amides is 1. The molecule has 0 radical (unpaired) electrons. The number of benzene rings is 1. The summed E-state index contributed by atoms with van der Waals surface area (Å²) >= 11 is 1.72. The zero-order chi connectivity index (χ0) is 18.0. The maximum absolute atomic E-state index is 13.5. The molecule has 5 heteroatoms. The Morgan fingerprint density at radius 1 is 1.36 bits per heavy atom. The molecule has 1 aliphatic heterocycles. The number of hydrogen-bond donors (Lipinski definition) is 1. The molecule has 25 heavy (non-hydrogen) atoms. The van der Waals surface area contributed by atoms with E-state index in [2.05, 4.69) is 31.7 Å². The first-order chi connectivity index (χ1) is 12.0. The SMILES string of the molecule is CCC(CC)(Cc1nc2ccccc2s1)C(=O)N1CC(CN)CC1C. The Hall–Kier alpha value is -1.46. The molecule has 2 aromatic rings. The van der Waals surface area contributed by atoms with E-state index in [0.29, 0.717) is 18.4 Å². The van der Waals surface area contributed by atoms with Crippen LogP contribution in [0.3, 0.4) is 0 Å². The summed E-state index contributed by atoms with van der Waals surface area (Å²) in [5, 5.41) is 1.07. The van der Waals surface area contributed by atoms with Crippen LogP contribution < -0.4 is 5.73 Å². The molecule has 1 aliphatic rings. The van der Waals surface area contributed by atoms with Crippen molar-refractivity contribution in [1.29, 1.82) is 0 Å². The van der Waals surface area contributed by atoms with E-state index in [9.17, 15) is 4.79 Å². The first kappa shape index (κ1) is 18.3. The van der Waals surface area contributed by atoms with Gasteiger partial charge in [-0.25, -0.2) is 4.98 Å². The molecule has 0 bridgehead atoms. The molecule has 2 atom stereocenters. The predicted molar refractivity (Wildman–Crippen MR) is 105 cm³/mol. The molecule has 3 rings (SSSR count). The standard InChI is InChI=1S/C20H29N3OS/c1-4-20(5-2,19(24)23-13-15(12-21)10-14(23)3)11-18-22-16-8-6-7-9-17(16)25-18/h6-9,14-15H,4-5,10-13,21H2,1-3H3. The smallest absolute Gasteiger partial charge is 0.229 e. The molecule has 0 saturated carbocycles. The summed E-state index contributed by atoms with van der Waals surface area (Å²) in [7, 11) is 0. The predicted octanol–water partition coefficient (Wildman–Crippen LogP) is 3.84. The van der Waals surface area contributed by atoms with Gasteiger partial charge in [0.1, 0.15) is 0 Å². The van der Waals surface area contributed by atoms with Gasteiger partial charge in [-0.05, 0) is 50.8 Å². The fourth-order valence-corrected chi connectivity index (χ4v) is 5.18. The van der Waals surface area contributed by atoms with Gasteiger partial charge in [0.05, 0.1) is 20.6 Å². The van der Waals surface area contributed by atoms with E-state index in [0.717, 1.165) is 42.8 Å². The average Bonchev–Trinajstić information content (AvgIpc) is 3.21. The maximum atomic E-state index is 13.5. The minimum atomic E-state index is -0.356. The van der Waals surface area contributed by atoms with Crippen molar-refractivity contribution in [1.82, 2.24) is 9.88 Å². The lowest BCUT2D eigenvalue weighted by Gasteiger charge is -2.36. The van der Waals surface area contributed by atoms with E-state index in [1.165, 1.54) is 4.70 Å². The second kappa shape index (κ2) is 7.42. The van der Waals surface area contributed by atoms with Crippen LogP contribution in [0.2, 0.25) is 0 Å². The second-order valence-corrected chi connectivity index (χ2v) is 8.50. The number of nitrogens with two attached hydrogens (primary N) is 1. The highest BCUT2D eigenvalue weighted by molar-refractivity contribution is 7.18. The summed E-state index contributed by atoms with van der Waals surface area (Å²) in [5.41, 5.74) is 6.53. The Morgan fingerprint density at radius 2 is 2.08 bits per heavy atom. The molecule has 2 unspecified atom stereocenters. The third-order valence-corrected chi connectivity index (χ3v) is 6.93. The summed E-state index contributed by atoms with van der Waals surface area (Å²) in [5.74, 6) is 0.730. The van der Waals surface area contributed by atoms with Crippen LogP contribution >= 0.6 is 11.3 Å². The number of para-hydroxylation sites is 1. The van der Waals surface area contributed by atoms with E-state index < -0.39 is 0 Å². The molecular weight excluding hydrogens is 330 g/mol. The fourth-order valence-electron chi connectivity index (χ4n) is 4.06. The molecule has 1 fully saturated rings. The van der Waals surface area contributed by atoms with Gasteiger partial charge in [0.25, 0.3) is 0 Å². The van der Waals surface area contributed by atoms with E-state index >= 15 is 0 Å².